The van der Waals surface area contributed by atoms with Crippen LogP contribution in [-0.4, -0.2) is 17.6 Å². The minimum Gasteiger partial charge on any atom is -0.588 e. The van der Waals surface area contributed by atoms with Crippen LogP contribution in [0.15, 0.2) is 77.7 Å². The largest absolute Gasteiger partial charge is 0.588 e. The molecule has 3 aromatic carbocycles. The number of nitrogens with one attached hydrogen (secondary N) is 2. The van der Waals surface area contributed by atoms with Crippen LogP contribution < -0.4 is 14.8 Å². The molecule has 0 spiro atoms. The molecule has 28 heavy (non-hydrogen) atoms. The first-order valence-electron chi connectivity index (χ1n) is 8.51. The van der Waals surface area contributed by atoms with E-state index < -0.39 is 11.4 Å². The van der Waals surface area contributed by atoms with Crippen molar-refractivity contribution in [3.05, 3.63) is 88.9 Å². The van der Waals surface area contributed by atoms with Crippen molar-refractivity contribution < 1.29 is 14.1 Å². The number of amides is 1. The number of para-hydroxylation sites is 1. The molecule has 3 rings (SSSR count). The van der Waals surface area contributed by atoms with E-state index in [1.165, 1.54) is 6.07 Å². The fraction of sp³-hybridized carbons (Fsp3) is 0.0952. The molecule has 3 aromatic rings. The van der Waals surface area contributed by atoms with Crippen molar-refractivity contribution in [2.75, 3.05) is 11.8 Å². The van der Waals surface area contributed by atoms with Crippen molar-refractivity contribution in [2.45, 2.75) is 11.4 Å². The summed E-state index contributed by atoms with van der Waals surface area (Å²) in [5.41, 5.74) is 2.03. The highest BCUT2D eigenvalue weighted by Gasteiger charge is 2.19. The van der Waals surface area contributed by atoms with E-state index in [9.17, 15) is 9.35 Å². The topological polar surface area (TPSA) is 73.4 Å². The summed E-state index contributed by atoms with van der Waals surface area (Å²) in [6.45, 7) is 0.367. The molecule has 0 heterocycles. The van der Waals surface area contributed by atoms with E-state index in [-0.39, 0.29) is 5.91 Å². The van der Waals surface area contributed by atoms with E-state index in [0.29, 0.717) is 27.7 Å². The zero-order chi connectivity index (χ0) is 19.9. The summed E-state index contributed by atoms with van der Waals surface area (Å²) < 4.78 is 20.6. The fourth-order valence-corrected chi connectivity index (χ4v) is 3.75. The Kier molecular flexibility index (Phi) is 6.81. The second-order valence-electron chi connectivity index (χ2n) is 5.91. The normalized spacial score (nSPS) is 11.5. The Morgan fingerprint density at radius 1 is 1.07 bits per heavy atom. The molecule has 2 N–H and O–H groups in total. The molecule has 1 atom stereocenters. The average molecular weight is 415 g/mol. The Labute approximate surface area is 172 Å². The van der Waals surface area contributed by atoms with Gasteiger partial charge >= 0.3 is 0 Å². The minimum atomic E-state index is -1.59. The molecule has 0 aliphatic heterocycles. The van der Waals surface area contributed by atoms with Gasteiger partial charge in [-0.3, -0.25) is 4.79 Å². The van der Waals surface area contributed by atoms with Crippen LogP contribution in [0.5, 0.6) is 5.75 Å². The number of hydrogen-bond donors (Lipinski definition) is 2. The number of rotatable bonds is 7. The predicted octanol–water partition coefficient (Wildman–Crippen LogP) is 4.41. The van der Waals surface area contributed by atoms with Crippen LogP contribution in [0.1, 0.15) is 15.9 Å². The van der Waals surface area contributed by atoms with E-state index in [0.717, 1.165) is 11.3 Å². The molecule has 7 heteroatoms. The van der Waals surface area contributed by atoms with Gasteiger partial charge in [0.25, 0.3) is 5.91 Å². The Morgan fingerprint density at radius 3 is 2.46 bits per heavy atom. The van der Waals surface area contributed by atoms with Gasteiger partial charge in [0.15, 0.2) is 4.90 Å². The van der Waals surface area contributed by atoms with Crippen LogP contribution >= 0.6 is 11.6 Å². The van der Waals surface area contributed by atoms with Crippen LogP contribution in [0.3, 0.4) is 0 Å². The lowest BCUT2D eigenvalue weighted by Gasteiger charge is -2.13. The quantitative estimate of drug-likeness (QED) is 0.561. The summed E-state index contributed by atoms with van der Waals surface area (Å²) in [5, 5.41) is 3.17. The maximum absolute atomic E-state index is 12.6. The number of ether oxygens (including phenoxy) is 1. The molecule has 0 saturated heterocycles. The Balaban J connectivity index is 1.68. The minimum absolute atomic E-state index is 0.273. The number of anilines is 1. The van der Waals surface area contributed by atoms with E-state index >= 15 is 0 Å². The van der Waals surface area contributed by atoms with Crippen LogP contribution in [0, 0.1) is 0 Å². The molecule has 0 fully saturated rings. The number of hydrogen-bond acceptors (Lipinski definition) is 4. The lowest BCUT2D eigenvalue weighted by Crippen LogP contribution is -2.23. The van der Waals surface area contributed by atoms with Crippen molar-refractivity contribution in [1.82, 2.24) is 5.32 Å². The smallest absolute Gasteiger partial charge is 0.251 e. The number of benzene rings is 3. The average Bonchev–Trinajstić information content (AvgIpc) is 2.73. The number of halogens is 1. The van der Waals surface area contributed by atoms with Gasteiger partial charge in [-0.1, -0.05) is 41.9 Å². The van der Waals surface area contributed by atoms with Gasteiger partial charge in [0.1, 0.15) is 17.1 Å². The molecule has 144 valence electrons. The number of carbonyl (C=O) groups is 1. The maximum atomic E-state index is 12.6. The summed E-state index contributed by atoms with van der Waals surface area (Å²) in [5.74, 6) is 0.483. The molecule has 0 radical (unpaired) electrons. The predicted molar refractivity (Wildman–Crippen MR) is 112 cm³/mol. The second kappa shape index (κ2) is 9.50. The van der Waals surface area contributed by atoms with Gasteiger partial charge in [-0.2, -0.15) is 0 Å². The van der Waals surface area contributed by atoms with Crippen LogP contribution in [0.4, 0.5) is 5.69 Å². The van der Waals surface area contributed by atoms with E-state index in [4.69, 9.17) is 16.3 Å². The first kappa shape index (κ1) is 20.1. The first-order chi connectivity index (χ1) is 13.6. The highest BCUT2D eigenvalue weighted by molar-refractivity contribution is 7.92. The second-order valence-corrected chi connectivity index (χ2v) is 7.50. The van der Waals surface area contributed by atoms with Crippen LogP contribution in [-0.2, 0) is 17.9 Å². The molecule has 5 nitrogen and oxygen atoms in total. The van der Waals surface area contributed by atoms with E-state index in [2.05, 4.69) is 10.0 Å². The van der Waals surface area contributed by atoms with E-state index in [1.807, 2.05) is 42.5 Å². The molecular formula is C21H19ClN2O3S. The summed E-state index contributed by atoms with van der Waals surface area (Å²) in [6.07, 6.45) is 0. The molecule has 0 aliphatic rings. The van der Waals surface area contributed by atoms with Crippen molar-refractivity contribution in [3.8, 4) is 5.75 Å². The van der Waals surface area contributed by atoms with Crippen molar-refractivity contribution in [2.24, 2.45) is 0 Å². The van der Waals surface area contributed by atoms with E-state index in [1.54, 1.807) is 31.4 Å². The van der Waals surface area contributed by atoms with Crippen molar-refractivity contribution in [3.63, 3.8) is 0 Å². The molecule has 0 saturated carbocycles. The lowest BCUT2D eigenvalue weighted by molar-refractivity contribution is 0.0950. The van der Waals surface area contributed by atoms with Gasteiger partial charge in [0.2, 0.25) is 0 Å². The third-order valence-electron chi connectivity index (χ3n) is 3.99. The summed E-state index contributed by atoms with van der Waals surface area (Å²) in [7, 11) is 1.60. The molecule has 0 bridgehead atoms. The first-order valence-corrected chi connectivity index (χ1v) is 10.0. The Hall–Kier alpha value is -2.67. The Bertz CT molecular complexity index is 936. The summed E-state index contributed by atoms with van der Waals surface area (Å²) >= 11 is 4.59. The van der Waals surface area contributed by atoms with Gasteiger partial charge in [0, 0.05) is 18.2 Å². The standard InChI is InChI=1S/C21H19ClN2O3S/c1-27-18-10-7-15(8-11-18)14-23-21(25)16-9-12-19(22)20(13-16)28(26)24-17-5-3-2-4-6-17/h2-13,24H,14H2,1H3,(H,23,25). The van der Waals surface area contributed by atoms with Gasteiger partial charge in [-0.15, -0.1) is 0 Å². The number of methoxy groups -OCH3 is 1. The van der Waals surface area contributed by atoms with Gasteiger partial charge in [-0.05, 0) is 42.0 Å². The lowest BCUT2D eigenvalue weighted by atomic mass is 10.2. The van der Waals surface area contributed by atoms with Gasteiger partial charge in [-0.25, -0.2) is 4.72 Å². The number of carbonyl (C=O) groups excluding carboxylic acids is 1. The SMILES string of the molecule is COc1ccc(CNC(=O)c2ccc(Cl)c([S+]([O-])Nc3ccccc3)c2)cc1. The van der Waals surface area contributed by atoms with Gasteiger partial charge < -0.3 is 14.6 Å². The summed E-state index contributed by atoms with van der Waals surface area (Å²) in [4.78, 5) is 12.8. The van der Waals surface area contributed by atoms with Crippen molar-refractivity contribution >= 4 is 34.6 Å². The monoisotopic (exact) mass is 414 g/mol. The molecule has 1 amide bonds. The third kappa shape index (κ3) is 5.19. The third-order valence-corrected chi connectivity index (χ3v) is 5.59. The fourth-order valence-electron chi connectivity index (χ4n) is 2.48. The Morgan fingerprint density at radius 2 is 1.79 bits per heavy atom. The van der Waals surface area contributed by atoms with Crippen molar-refractivity contribution in [1.29, 1.82) is 0 Å². The zero-order valence-electron chi connectivity index (χ0n) is 15.1. The molecule has 0 aliphatic carbocycles. The zero-order valence-corrected chi connectivity index (χ0v) is 16.7. The molecule has 0 aromatic heterocycles. The summed E-state index contributed by atoms with van der Waals surface area (Å²) in [6, 6.07) is 21.3. The highest BCUT2D eigenvalue weighted by atomic mass is 35.5. The highest BCUT2D eigenvalue weighted by Crippen LogP contribution is 2.25. The van der Waals surface area contributed by atoms with Crippen LogP contribution in [0.2, 0.25) is 5.02 Å². The molecule has 1 unspecified atom stereocenters. The maximum Gasteiger partial charge on any atom is 0.251 e. The molecular weight excluding hydrogens is 396 g/mol. The van der Waals surface area contributed by atoms with Gasteiger partial charge in [0.05, 0.1) is 17.8 Å². The van der Waals surface area contributed by atoms with Crippen LogP contribution in [0.25, 0.3) is 0 Å².